The van der Waals surface area contributed by atoms with Crippen LogP contribution in [0.1, 0.15) is 24.8 Å². The number of hydrogen-bond donors (Lipinski definition) is 1. The Morgan fingerprint density at radius 1 is 1.23 bits per heavy atom. The number of benzene rings is 1. The first-order valence-electron chi connectivity index (χ1n) is 10.1. The maximum Gasteiger partial charge on any atom is 0.266 e. The molecule has 0 atom stereocenters. The molecule has 2 fully saturated rings. The molecule has 2 heterocycles. The lowest BCUT2D eigenvalue weighted by atomic mass is 10.2. The molecular weight excluding hydrogens is 442 g/mol. The maximum atomic E-state index is 12.7. The Balaban J connectivity index is 1.37. The number of nitrogens with zero attached hydrogens (tertiary/aromatic N) is 2. The van der Waals surface area contributed by atoms with Crippen molar-refractivity contribution in [2.45, 2.75) is 19.3 Å². The molecule has 1 aromatic rings. The second kappa shape index (κ2) is 11.8. The Morgan fingerprint density at radius 2 is 2.00 bits per heavy atom. The third-order valence-electron chi connectivity index (χ3n) is 4.93. The van der Waals surface area contributed by atoms with E-state index in [1.165, 1.54) is 11.8 Å². The smallest absolute Gasteiger partial charge is 0.266 e. The van der Waals surface area contributed by atoms with E-state index in [-0.39, 0.29) is 11.8 Å². The number of rotatable bonds is 9. The largest absolute Gasteiger partial charge is 0.379 e. The number of carbonyl (C=O) groups is 2. The Hall–Kier alpha value is -1.45. The van der Waals surface area contributed by atoms with Crippen LogP contribution in [0.4, 0.5) is 0 Å². The molecule has 0 bridgehead atoms. The van der Waals surface area contributed by atoms with Crippen LogP contribution in [0.15, 0.2) is 29.2 Å². The number of hydrogen-bond acceptors (Lipinski definition) is 6. The third-order valence-corrected chi connectivity index (χ3v) is 6.65. The lowest BCUT2D eigenvalue weighted by Crippen LogP contribution is -2.38. The second-order valence-electron chi connectivity index (χ2n) is 7.12. The van der Waals surface area contributed by atoms with Crippen molar-refractivity contribution in [1.29, 1.82) is 0 Å². The topological polar surface area (TPSA) is 61.9 Å². The monoisotopic (exact) mass is 467 g/mol. The van der Waals surface area contributed by atoms with E-state index in [2.05, 4.69) is 10.2 Å². The van der Waals surface area contributed by atoms with Gasteiger partial charge >= 0.3 is 0 Å². The first-order chi connectivity index (χ1) is 14.5. The van der Waals surface area contributed by atoms with Crippen molar-refractivity contribution in [3.8, 4) is 0 Å². The molecule has 0 spiro atoms. The average molecular weight is 468 g/mol. The van der Waals surface area contributed by atoms with Crippen molar-refractivity contribution in [3.05, 3.63) is 39.8 Å². The fourth-order valence-electron chi connectivity index (χ4n) is 3.27. The van der Waals surface area contributed by atoms with Crippen LogP contribution in [0, 0.1) is 0 Å². The zero-order valence-electron chi connectivity index (χ0n) is 16.8. The lowest BCUT2D eigenvalue weighted by molar-refractivity contribution is -0.124. The van der Waals surface area contributed by atoms with Gasteiger partial charge in [0.2, 0.25) is 5.91 Å². The van der Waals surface area contributed by atoms with Gasteiger partial charge in [-0.1, -0.05) is 53.8 Å². The van der Waals surface area contributed by atoms with Gasteiger partial charge in [0.15, 0.2) is 0 Å². The van der Waals surface area contributed by atoms with Crippen LogP contribution in [-0.4, -0.2) is 71.9 Å². The van der Waals surface area contributed by atoms with E-state index < -0.39 is 0 Å². The predicted octanol–water partition coefficient (Wildman–Crippen LogP) is 3.16. The van der Waals surface area contributed by atoms with E-state index >= 15 is 0 Å². The SMILES string of the molecule is O=C(CCCN1C(=O)/C(=C/c2ccccc2Cl)SC1=S)NCCCN1CCOCC1. The number of carbonyl (C=O) groups excluding carboxylic acids is 2. The standard InChI is InChI=1S/C21H26ClN3O3S2/c22-17-6-2-1-5-16(17)15-18-20(27)25(21(29)30-18)10-3-7-19(26)23-8-4-9-24-11-13-28-14-12-24/h1-2,5-6,15H,3-4,7-14H2,(H,23,26)/b18-15-. The van der Waals surface area contributed by atoms with Crippen LogP contribution < -0.4 is 5.32 Å². The Bertz CT molecular complexity index is 812. The number of amides is 2. The Labute approximate surface area is 191 Å². The molecule has 2 aliphatic heterocycles. The van der Waals surface area contributed by atoms with Gasteiger partial charge in [0.05, 0.1) is 18.1 Å². The summed E-state index contributed by atoms with van der Waals surface area (Å²) in [5, 5.41) is 3.54. The summed E-state index contributed by atoms with van der Waals surface area (Å²) in [7, 11) is 0. The van der Waals surface area contributed by atoms with Crippen molar-refractivity contribution in [1.82, 2.24) is 15.1 Å². The minimum atomic E-state index is -0.129. The van der Waals surface area contributed by atoms with E-state index in [0.29, 0.717) is 40.2 Å². The molecule has 2 aliphatic rings. The summed E-state index contributed by atoms with van der Waals surface area (Å²) in [4.78, 5) is 29.2. The minimum Gasteiger partial charge on any atom is -0.379 e. The summed E-state index contributed by atoms with van der Waals surface area (Å²) in [6, 6.07) is 7.36. The summed E-state index contributed by atoms with van der Waals surface area (Å²) < 4.78 is 5.85. The van der Waals surface area contributed by atoms with E-state index in [0.717, 1.165) is 44.8 Å². The van der Waals surface area contributed by atoms with Gasteiger partial charge in [-0.25, -0.2) is 0 Å². The summed E-state index contributed by atoms with van der Waals surface area (Å²) in [5.74, 6) is -0.120. The Morgan fingerprint density at radius 3 is 2.77 bits per heavy atom. The highest BCUT2D eigenvalue weighted by atomic mass is 35.5. The molecule has 162 valence electrons. The highest BCUT2D eigenvalue weighted by Gasteiger charge is 2.31. The van der Waals surface area contributed by atoms with Crippen molar-refractivity contribution in [3.63, 3.8) is 0 Å². The van der Waals surface area contributed by atoms with Crippen molar-refractivity contribution >= 4 is 57.8 Å². The molecule has 0 saturated carbocycles. The summed E-state index contributed by atoms with van der Waals surface area (Å²) in [6.07, 6.45) is 3.63. The molecule has 0 radical (unpaired) electrons. The highest BCUT2D eigenvalue weighted by Crippen LogP contribution is 2.33. The maximum absolute atomic E-state index is 12.7. The molecule has 0 aromatic heterocycles. The van der Waals surface area contributed by atoms with E-state index in [1.54, 1.807) is 17.0 Å². The lowest BCUT2D eigenvalue weighted by Gasteiger charge is -2.26. The fourth-order valence-corrected chi connectivity index (χ4v) is 4.76. The van der Waals surface area contributed by atoms with Gasteiger partial charge in [-0.05, 0) is 37.1 Å². The molecule has 1 N–H and O–H groups in total. The number of nitrogens with one attached hydrogen (secondary N) is 1. The predicted molar refractivity (Wildman–Crippen MR) is 125 cm³/mol. The van der Waals surface area contributed by atoms with E-state index in [1.807, 2.05) is 18.2 Å². The number of ether oxygens (including phenoxy) is 1. The van der Waals surface area contributed by atoms with E-state index in [4.69, 9.17) is 28.6 Å². The first kappa shape index (κ1) is 23.2. The molecule has 0 unspecified atom stereocenters. The highest BCUT2D eigenvalue weighted by molar-refractivity contribution is 8.26. The molecule has 30 heavy (non-hydrogen) atoms. The molecule has 1 aromatic carbocycles. The molecule has 6 nitrogen and oxygen atoms in total. The Kier molecular flexibility index (Phi) is 9.14. The van der Waals surface area contributed by atoms with Gasteiger partial charge in [0.1, 0.15) is 4.32 Å². The minimum absolute atomic E-state index is 0.00836. The van der Waals surface area contributed by atoms with Crippen molar-refractivity contribution in [2.75, 3.05) is 45.9 Å². The van der Waals surface area contributed by atoms with Gasteiger partial charge in [0, 0.05) is 37.6 Å². The van der Waals surface area contributed by atoms with Crippen LogP contribution in [0.25, 0.3) is 6.08 Å². The second-order valence-corrected chi connectivity index (χ2v) is 9.20. The molecular formula is C21H26ClN3O3S2. The number of thioether (sulfide) groups is 1. The van der Waals surface area contributed by atoms with Crippen LogP contribution in [0.2, 0.25) is 5.02 Å². The van der Waals surface area contributed by atoms with Gasteiger partial charge in [0.25, 0.3) is 5.91 Å². The molecule has 2 saturated heterocycles. The van der Waals surface area contributed by atoms with Crippen LogP contribution in [0.3, 0.4) is 0 Å². The molecule has 3 rings (SSSR count). The molecule has 9 heteroatoms. The zero-order valence-corrected chi connectivity index (χ0v) is 19.2. The summed E-state index contributed by atoms with van der Waals surface area (Å²) in [6.45, 7) is 5.57. The van der Waals surface area contributed by atoms with E-state index in [9.17, 15) is 9.59 Å². The number of thiocarbonyl (C=S) groups is 1. The normalized spacial score (nSPS) is 19.0. The van der Waals surface area contributed by atoms with Crippen molar-refractivity contribution < 1.29 is 14.3 Å². The van der Waals surface area contributed by atoms with Crippen LogP contribution in [0.5, 0.6) is 0 Å². The van der Waals surface area contributed by atoms with Gasteiger partial charge in [-0.3, -0.25) is 19.4 Å². The van der Waals surface area contributed by atoms with Gasteiger partial charge in [-0.15, -0.1) is 0 Å². The molecule has 0 aliphatic carbocycles. The fraction of sp³-hybridized carbons (Fsp3) is 0.476. The first-order valence-corrected chi connectivity index (χ1v) is 11.7. The average Bonchev–Trinajstić information content (AvgIpc) is 3.01. The summed E-state index contributed by atoms with van der Waals surface area (Å²) >= 11 is 12.8. The zero-order chi connectivity index (χ0) is 21.3. The summed E-state index contributed by atoms with van der Waals surface area (Å²) in [5.41, 5.74) is 0.788. The van der Waals surface area contributed by atoms with Gasteiger partial charge < -0.3 is 10.1 Å². The number of morpholine rings is 1. The molecule has 2 amide bonds. The van der Waals surface area contributed by atoms with Crippen molar-refractivity contribution in [2.24, 2.45) is 0 Å². The number of halogens is 1. The van der Waals surface area contributed by atoms with Crippen LogP contribution >= 0.6 is 35.6 Å². The quantitative estimate of drug-likeness (QED) is 0.342. The third kappa shape index (κ3) is 6.78. The van der Waals surface area contributed by atoms with Crippen LogP contribution in [-0.2, 0) is 14.3 Å². The van der Waals surface area contributed by atoms with Gasteiger partial charge in [-0.2, -0.15) is 0 Å².